The molecule has 0 N–H and O–H groups in total. The van der Waals surface area contributed by atoms with Crippen molar-refractivity contribution in [3.8, 4) is 0 Å². The minimum absolute atomic E-state index is 0.135. The number of para-hydroxylation sites is 1. The smallest absolute Gasteiger partial charge is 0.332 e. The second-order valence-electron chi connectivity index (χ2n) is 6.66. The van der Waals surface area contributed by atoms with E-state index in [-0.39, 0.29) is 12.7 Å². The third-order valence-corrected chi connectivity index (χ3v) is 5.74. The van der Waals surface area contributed by atoms with E-state index >= 15 is 0 Å². The fraction of sp³-hybridized carbons (Fsp3) is 0.167. The molecule has 5 heteroatoms. The first-order valence-corrected chi connectivity index (χ1v) is 10.3. The summed E-state index contributed by atoms with van der Waals surface area (Å²) in [4.78, 5) is 17.0. The number of carbonyl (C=O) groups is 1. The first-order chi connectivity index (χ1) is 14.2. The Morgan fingerprint density at radius 1 is 0.897 bits per heavy atom. The molecule has 4 aromatic rings. The van der Waals surface area contributed by atoms with Gasteiger partial charge in [0.2, 0.25) is 0 Å². The van der Waals surface area contributed by atoms with Gasteiger partial charge in [-0.25, -0.2) is 9.78 Å². The van der Waals surface area contributed by atoms with E-state index in [1.165, 1.54) is 11.3 Å². The molecule has 0 fully saturated rings. The molecule has 0 amide bonds. The second-order valence-corrected chi connectivity index (χ2v) is 7.73. The number of fused-ring (bicyclic) bond motifs is 1. The summed E-state index contributed by atoms with van der Waals surface area (Å²) in [5.41, 5.74) is 2.90. The van der Waals surface area contributed by atoms with Crippen molar-refractivity contribution in [2.24, 2.45) is 0 Å². The summed E-state index contributed by atoms with van der Waals surface area (Å²) in [6, 6.07) is 27.6. The SMILES string of the molecule is CC(OC(=O)COC(c1ccccc1)c1ccccc1)c1nc2ccccc2s1. The number of benzene rings is 3. The van der Waals surface area contributed by atoms with Crippen LogP contribution >= 0.6 is 11.3 Å². The number of aromatic nitrogens is 1. The Bertz CT molecular complexity index is 1010. The van der Waals surface area contributed by atoms with E-state index in [0.29, 0.717) is 0 Å². The van der Waals surface area contributed by atoms with Gasteiger partial charge in [0.25, 0.3) is 0 Å². The monoisotopic (exact) mass is 403 g/mol. The third-order valence-electron chi connectivity index (χ3n) is 4.54. The lowest BCUT2D eigenvalue weighted by molar-refractivity contribution is -0.155. The summed E-state index contributed by atoms with van der Waals surface area (Å²) < 4.78 is 12.6. The maximum absolute atomic E-state index is 12.4. The van der Waals surface area contributed by atoms with Crippen molar-refractivity contribution in [1.29, 1.82) is 0 Å². The zero-order valence-electron chi connectivity index (χ0n) is 16.0. The maximum atomic E-state index is 12.4. The molecule has 0 saturated carbocycles. The Labute approximate surface area is 173 Å². The number of ether oxygens (including phenoxy) is 2. The zero-order chi connectivity index (χ0) is 20.1. The molecule has 1 aromatic heterocycles. The Kier molecular flexibility index (Phi) is 5.98. The van der Waals surface area contributed by atoms with Gasteiger partial charge in [-0.3, -0.25) is 0 Å². The molecule has 0 spiro atoms. The summed E-state index contributed by atoms with van der Waals surface area (Å²) in [7, 11) is 0. The van der Waals surface area contributed by atoms with Crippen molar-refractivity contribution in [3.63, 3.8) is 0 Å². The molecule has 0 radical (unpaired) electrons. The van der Waals surface area contributed by atoms with Crippen molar-refractivity contribution in [2.45, 2.75) is 19.1 Å². The highest BCUT2D eigenvalue weighted by molar-refractivity contribution is 7.18. The number of hydrogen-bond acceptors (Lipinski definition) is 5. The fourth-order valence-corrected chi connectivity index (χ4v) is 4.09. The molecule has 0 aliphatic rings. The Balaban J connectivity index is 1.42. The van der Waals surface area contributed by atoms with Crippen LogP contribution in [0.3, 0.4) is 0 Å². The number of carbonyl (C=O) groups excluding carboxylic acids is 1. The van der Waals surface area contributed by atoms with Gasteiger partial charge in [-0.2, -0.15) is 0 Å². The van der Waals surface area contributed by atoms with E-state index in [0.717, 1.165) is 26.4 Å². The van der Waals surface area contributed by atoms with Crippen molar-refractivity contribution in [1.82, 2.24) is 4.98 Å². The van der Waals surface area contributed by atoms with E-state index in [1.54, 1.807) is 0 Å². The molecule has 0 aliphatic heterocycles. The van der Waals surface area contributed by atoms with E-state index in [9.17, 15) is 4.79 Å². The molecular formula is C24H21NO3S. The molecule has 0 saturated heterocycles. The van der Waals surface area contributed by atoms with Crippen LogP contribution in [0, 0.1) is 0 Å². The predicted octanol–water partition coefficient (Wildman–Crippen LogP) is 5.71. The molecule has 1 heterocycles. The quantitative estimate of drug-likeness (QED) is 0.371. The second kappa shape index (κ2) is 8.99. The van der Waals surface area contributed by atoms with Gasteiger partial charge in [-0.1, -0.05) is 72.8 Å². The highest BCUT2D eigenvalue weighted by atomic mass is 32.1. The normalized spacial score (nSPS) is 12.2. The number of nitrogens with zero attached hydrogens (tertiary/aromatic N) is 1. The first kappa shape index (κ1) is 19.3. The first-order valence-electron chi connectivity index (χ1n) is 9.47. The number of esters is 1. The zero-order valence-corrected chi connectivity index (χ0v) is 16.8. The lowest BCUT2D eigenvalue weighted by Crippen LogP contribution is -2.18. The molecule has 146 valence electrons. The lowest BCUT2D eigenvalue weighted by Gasteiger charge is -2.19. The summed E-state index contributed by atoms with van der Waals surface area (Å²) in [5, 5.41) is 0.780. The summed E-state index contributed by atoms with van der Waals surface area (Å²) in [6.07, 6.45) is -0.752. The number of thiazole rings is 1. The van der Waals surface area contributed by atoms with Crippen LogP contribution in [0.4, 0.5) is 0 Å². The van der Waals surface area contributed by atoms with Crippen LogP contribution in [0.15, 0.2) is 84.9 Å². The molecule has 1 unspecified atom stereocenters. The van der Waals surface area contributed by atoms with Gasteiger partial charge in [0, 0.05) is 0 Å². The predicted molar refractivity (Wildman–Crippen MR) is 115 cm³/mol. The van der Waals surface area contributed by atoms with Crippen LogP contribution in [0.25, 0.3) is 10.2 Å². The average molecular weight is 404 g/mol. The van der Waals surface area contributed by atoms with Crippen molar-refractivity contribution >= 4 is 27.5 Å². The fourth-order valence-electron chi connectivity index (χ4n) is 3.14. The van der Waals surface area contributed by atoms with Gasteiger partial charge in [0.1, 0.15) is 17.7 Å². The van der Waals surface area contributed by atoms with Crippen LogP contribution in [0.2, 0.25) is 0 Å². The molecule has 0 aliphatic carbocycles. The average Bonchev–Trinajstić information content (AvgIpc) is 3.20. The number of rotatable bonds is 7. The molecule has 4 rings (SSSR count). The van der Waals surface area contributed by atoms with Gasteiger partial charge in [-0.05, 0) is 30.2 Å². The van der Waals surface area contributed by atoms with Gasteiger partial charge >= 0.3 is 5.97 Å². The lowest BCUT2D eigenvalue weighted by atomic mass is 10.0. The maximum Gasteiger partial charge on any atom is 0.332 e. The molecular weight excluding hydrogens is 382 g/mol. The van der Waals surface area contributed by atoms with E-state index in [4.69, 9.17) is 9.47 Å². The standard InChI is InChI=1S/C24H21NO3S/c1-17(24-25-20-14-8-9-15-21(20)29-24)28-22(26)16-27-23(18-10-4-2-5-11-18)19-12-6-3-7-13-19/h2-15,17,23H,16H2,1H3. The minimum atomic E-state index is -0.421. The van der Waals surface area contributed by atoms with Crippen LogP contribution in [0.5, 0.6) is 0 Å². The summed E-state index contributed by atoms with van der Waals surface area (Å²) in [5.74, 6) is -0.409. The molecule has 0 bridgehead atoms. The topological polar surface area (TPSA) is 48.4 Å². The van der Waals surface area contributed by atoms with Gasteiger partial charge < -0.3 is 9.47 Å². The van der Waals surface area contributed by atoms with Crippen molar-refractivity contribution < 1.29 is 14.3 Å². The molecule has 4 nitrogen and oxygen atoms in total. The van der Waals surface area contributed by atoms with Gasteiger partial charge in [-0.15, -0.1) is 11.3 Å². The van der Waals surface area contributed by atoms with Crippen LogP contribution in [-0.4, -0.2) is 17.6 Å². The van der Waals surface area contributed by atoms with E-state index in [1.807, 2.05) is 91.9 Å². The summed E-state index contributed by atoms with van der Waals surface area (Å²) in [6.45, 7) is 1.70. The Morgan fingerprint density at radius 3 is 2.10 bits per heavy atom. The molecule has 1 atom stereocenters. The highest BCUT2D eigenvalue weighted by Crippen LogP contribution is 2.29. The van der Waals surface area contributed by atoms with Crippen LogP contribution < -0.4 is 0 Å². The van der Waals surface area contributed by atoms with Crippen LogP contribution in [0.1, 0.15) is 35.3 Å². The highest BCUT2D eigenvalue weighted by Gasteiger charge is 2.20. The molecule has 29 heavy (non-hydrogen) atoms. The molecule has 3 aromatic carbocycles. The van der Waals surface area contributed by atoms with Crippen LogP contribution in [-0.2, 0) is 14.3 Å². The van der Waals surface area contributed by atoms with Gasteiger partial charge in [0.15, 0.2) is 6.10 Å². The van der Waals surface area contributed by atoms with Gasteiger partial charge in [0.05, 0.1) is 10.2 Å². The number of hydrogen-bond donors (Lipinski definition) is 0. The van der Waals surface area contributed by atoms with Crippen molar-refractivity contribution in [3.05, 3.63) is 101 Å². The Morgan fingerprint density at radius 2 is 1.48 bits per heavy atom. The summed E-state index contributed by atoms with van der Waals surface area (Å²) >= 11 is 1.54. The Hall–Kier alpha value is -3.02. The van der Waals surface area contributed by atoms with E-state index in [2.05, 4.69) is 4.98 Å². The minimum Gasteiger partial charge on any atom is -0.454 e. The van der Waals surface area contributed by atoms with E-state index < -0.39 is 12.1 Å². The van der Waals surface area contributed by atoms with Crippen molar-refractivity contribution in [2.75, 3.05) is 6.61 Å². The third kappa shape index (κ3) is 4.70. The largest absolute Gasteiger partial charge is 0.454 e.